The zero-order valence-electron chi connectivity index (χ0n) is 14.1. The molecule has 0 radical (unpaired) electrons. The lowest BCUT2D eigenvalue weighted by molar-refractivity contribution is 0.0691. The van der Waals surface area contributed by atoms with E-state index in [4.69, 9.17) is 0 Å². The van der Waals surface area contributed by atoms with Crippen molar-refractivity contribution in [2.45, 2.75) is 0 Å². The van der Waals surface area contributed by atoms with Gasteiger partial charge in [-0.25, -0.2) is 14.2 Å². The van der Waals surface area contributed by atoms with Gasteiger partial charge in [0.2, 0.25) is 0 Å². The number of para-hydroxylation sites is 1. The highest BCUT2D eigenvalue weighted by Gasteiger charge is 2.21. The third-order valence-electron chi connectivity index (χ3n) is 4.73. The molecule has 1 N–H and O–H groups in total. The Bertz CT molecular complexity index is 951. The van der Waals surface area contributed by atoms with E-state index >= 15 is 0 Å². The molecule has 5 nitrogen and oxygen atoms in total. The molecule has 0 saturated carbocycles. The molecular formula is C20H18FN3O2. The molecule has 2 aromatic carbocycles. The maximum absolute atomic E-state index is 13.1. The fourth-order valence-electron chi connectivity index (χ4n) is 3.39. The van der Waals surface area contributed by atoms with E-state index in [9.17, 15) is 14.3 Å². The van der Waals surface area contributed by atoms with Crippen LogP contribution in [0.15, 0.2) is 54.6 Å². The van der Waals surface area contributed by atoms with Gasteiger partial charge in [0.15, 0.2) is 5.69 Å². The van der Waals surface area contributed by atoms with Gasteiger partial charge in [-0.15, -0.1) is 0 Å². The second kappa shape index (κ2) is 6.63. The predicted molar refractivity (Wildman–Crippen MR) is 99.5 cm³/mol. The molecule has 0 aliphatic carbocycles. The molecule has 0 unspecified atom stereocenters. The number of hydrogen-bond acceptors (Lipinski definition) is 4. The molecule has 2 heterocycles. The number of halogens is 1. The molecule has 1 saturated heterocycles. The summed E-state index contributed by atoms with van der Waals surface area (Å²) in [5.41, 5.74) is 2.63. The summed E-state index contributed by atoms with van der Waals surface area (Å²) in [6.07, 6.45) is 0. The van der Waals surface area contributed by atoms with Gasteiger partial charge >= 0.3 is 5.97 Å². The van der Waals surface area contributed by atoms with E-state index < -0.39 is 5.97 Å². The minimum absolute atomic E-state index is 0.0552. The number of rotatable bonds is 3. The molecule has 26 heavy (non-hydrogen) atoms. The first kappa shape index (κ1) is 16.3. The SMILES string of the molecule is O=C(O)c1cc(N2CCN(c3ccc(F)cc3)CC2)c2ccccc2n1. The molecule has 0 bridgehead atoms. The number of fused-ring (bicyclic) bond motifs is 1. The highest BCUT2D eigenvalue weighted by Crippen LogP contribution is 2.28. The molecule has 1 aliphatic rings. The number of benzene rings is 2. The van der Waals surface area contributed by atoms with Gasteiger partial charge < -0.3 is 14.9 Å². The third kappa shape index (κ3) is 3.06. The van der Waals surface area contributed by atoms with Gasteiger partial charge in [-0.1, -0.05) is 18.2 Å². The Balaban J connectivity index is 1.61. The summed E-state index contributed by atoms with van der Waals surface area (Å²) in [6.45, 7) is 3.07. The summed E-state index contributed by atoms with van der Waals surface area (Å²) in [6, 6.07) is 15.8. The van der Waals surface area contributed by atoms with Crippen LogP contribution in [0.3, 0.4) is 0 Å². The number of pyridine rings is 1. The van der Waals surface area contributed by atoms with Crippen molar-refractivity contribution in [3.8, 4) is 0 Å². The van der Waals surface area contributed by atoms with Crippen LogP contribution >= 0.6 is 0 Å². The minimum Gasteiger partial charge on any atom is -0.477 e. The number of carboxylic acid groups (broad SMARTS) is 1. The Morgan fingerprint density at radius 3 is 2.31 bits per heavy atom. The van der Waals surface area contributed by atoms with E-state index in [1.807, 2.05) is 24.3 Å². The van der Waals surface area contributed by atoms with E-state index in [1.54, 1.807) is 18.2 Å². The molecule has 1 aliphatic heterocycles. The summed E-state index contributed by atoms with van der Waals surface area (Å²) >= 11 is 0. The van der Waals surface area contributed by atoms with Gasteiger partial charge in [0.1, 0.15) is 5.82 Å². The Morgan fingerprint density at radius 1 is 0.962 bits per heavy atom. The van der Waals surface area contributed by atoms with Gasteiger partial charge in [0.25, 0.3) is 0 Å². The number of aromatic nitrogens is 1. The average Bonchev–Trinajstić information content (AvgIpc) is 2.68. The van der Waals surface area contributed by atoms with Crippen LogP contribution in [0.1, 0.15) is 10.5 Å². The summed E-state index contributed by atoms with van der Waals surface area (Å²) < 4.78 is 13.1. The van der Waals surface area contributed by atoms with Crippen molar-refractivity contribution in [3.63, 3.8) is 0 Å². The lowest BCUT2D eigenvalue weighted by Crippen LogP contribution is -2.46. The molecule has 4 rings (SSSR count). The second-order valence-corrected chi connectivity index (χ2v) is 6.30. The average molecular weight is 351 g/mol. The van der Waals surface area contributed by atoms with Gasteiger partial charge in [0.05, 0.1) is 5.52 Å². The van der Waals surface area contributed by atoms with Crippen molar-refractivity contribution in [2.24, 2.45) is 0 Å². The monoisotopic (exact) mass is 351 g/mol. The fraction of sp³-hybridized carbons (Fsp3) is 0.200. The van der Waals surface area contributed by atoms with Crippen molar-refractivity contribution in [3.05, 3.63) is 66.1 Å². The number of aromatic carboxylic acids is 1. The summed E-state index contributed by atoms with van der Waals surface area (Å²) in [4.78, 5) is 20.0. The standard InChI is InChI=1S/C20H18FN3O2/c21-14-5-7-15(8-6-14)23-9-11-24(12-10-23)19-13-18(20(25)26)22-17-4-2-1-3-16(17)19/h1-8,13H,9-12H2,(H,25,26). The fourth-order valence-corrected chi connectivity index (χ4v) is 3.39. The van der Waals surface area contributed by atoms with E-state index in [2.05, 4.69) is 14.8 Å². The topological polar surface area (TPSA) is 56.7 Å². The van der Waals surface area contributed by atoms with E-state index in [1.165, 1.54) is 12.1 Å². The Kier molecular flexibility index (Phi) is 4.16. The van der Waals surface area contributed by atoms with Gasteiger partial charge in [0, 0.05) is 42.9 Å². The number of hydrogen-bond donors (Lipinski definition) is 1. The number of nitrogens with zero attached hydrogens (tertiary/aromatic N) is 3. The van der Waals surface area contributed by atoms with Crippen LogP contribution in [0.5, 0.6) is 0 Å². The highest BCUT2D eigenvalue weighted by molar-refractivity contribution is 5.97. The smallest absolute Gasteiger partial charge is 0.354 e. The summed E-state index contributed by atoms with van der Waals surface area (Å²) in [5, 5.41) is 10.3. The number of carboxylic acids is 1. The van der Waals surface area contributed by atoms with Crippen molar-refractivity contribution in [1.29, 1.82) is 0 Å². The van der Waals surface area contributed by atoms with Crippen LogP contribution in [0.25, 0.3) is 10.9 Å². The predicted octanol–water partition coefficient (Wildman–Crippen LogP) is 3.40. The molecule has 0 atom stereocenters. The van der Waals surface area contributed by atoms with Crippen LogP contribution in [-0.2, 0) is 0 Å². The van der Waals surface area contributed by atoms with Crippen LogP contribution < -0.4 is 9.80 Å². The molecule has 0 spiro atoms. The van der Waals surface area contributed by atoms with Gasteiger partial charge in [-0.2, -0.15) is 0 Å². The number of carbonyl (C=O) groups is 1. The zero-order chi connectivity index (χ0) is 18.1. The Morgan fingerprint density at radius 2 is 1.62 bits per heavy atom. The van der Waals surface area contributed by atoms with Crippen molar-refractivity contribution in [1.82, 2.24) is 4.98 Å². The molecule has 0 amide bonds. The van der Waals surface area contributed by atoms with Crippen molar-refractivity contribution < 1.29 is 14.3 Å². The Labute approximate surface area is 150 Å². The lowest BCUT2D eigenvalue weighted by Gasteiger charge is -2.37. The van der Waals surface area contributed by atoms with E-state index in [0.29, 0.717) is 5.52 Å². The maximum atomic E-state index is 13.1. The first-order chi connectivity index (χ1) is 12.6. The largest absolute Gasteiger partial charge is 0.477 e. The third-order valence-corrected chi connectivity index (χ3v) is 4.73. The maximum Gasteiger partial charge on any atom is 0.354 e. The molecule has 1 fully saturated rings. The van der Waals surface area contributed by atoms with Crippen LogP contribution in [0, 0.1) is 5.82 Å². The molecule has 132 valence electrons. The zero-order valence-corrected chi connectivity index (χ0v) is 14.1. The van der Waals surface area contributed by atoms with Gasteiger partial charge in [-0.05, 0) is 36.4 Å². The minimum atomic E-state index is -1.03. The quantitative estimate of drug-likeness (QED) is 0.784. The summed E-state index contributed by atoms with van der Waals surface area (Å²) in [7, 11) is 0. The molecule has 6 heteroatoms. The van der Waals surface area contributed by atoms with Crippen LogP contribution in [-0.4, -0.2) is 42.2 Å². The van der Waals surface area contributed by atoms with Crippen LogP contribution in [0.4, 0.5) is 15.8 Å². The van der Waals surface area contributed by atoms with E-state index in [0.717, 1.165) is 42.9 Å². The first-order valence-electron chi connectivity index (χ1n) is 8.50. The Hall–Kier alpha value is -3.15. The highest BCUT2D eigenvalue weighted by atomic mass is 19.1. The van der Waals surface area contributed by atoms with Gasteiger partial charge in [-0.3, -0.25) is 0 Å². The van der Waals surface area contributed by atoms with Crippen molar-refractivity contribution >= 4 is 28.2 Å². The second-order valence-electron chi connectivity index (χ2n) is 6.30. The first-order valence-corrected chi connectivity index (χ1v) is 8.50. The normalized spacial score (nSPS) is 14.7. The van der Waals surface area contributed by atoms with E-state index in [-0.39, 0.29) is 11.5 Å². The number of piperazine rings is 1. The summed E-state index contributed by atoms with van der Waals surface area (Å²) in [5.74, 6) is -1.27. The number of anilines is 2. The molecule has 1 aromatic heterocycles. The van der Waals surface area contributed by atoms with Crippen molar-refractivity contribution in [2.75, 3.05) is 36.0 Å². The lowest BCUT2D eigenvalue weighted by atomic mass is 10.1. The van der Waals surface area contributed by atoms with Crippen LogP contribution in [0.2, 0.25) is 0 Å². The molecule has 3 aromatic rings. The molecular weight excluding hydrogens is 333 g/mol.